The lowest BCUT2D eigenvalue weighted by molar-refractivity contribution is 0.556. The number of aryl methyl sites for hydroxylation is 1. The lowest BCUT2D eigenvalue weighted by atomic mass is 10.2. The second-order valence-corrected chi connectivity index (χ2v) is 4.97. The van der Waals surface area contributed by atoms with Crippen molar-refractivity contribution < 1.29 is 0 Å². The third-order valence-electron chi connectivity index (χ3n) is 2.62. The first-order valence-electron chi connectivity index (χ1n) is 6.04. The average molecular weight is 310 g/mol. The summed E-state index contributed by atoms with van der Waals surface area (Å²) in [5.74, 6) is 0.728. The van der Waals surface area contributed by atoms with Crippen LogP contribution in [-0.4, -0.2) is 20.2 Å². The van der Waals surface area contributed by atoms with Gasteiger partial charge in [-0.25, -0.2) is 4.68 Å². The molecule has 0 aliphatic rings. The molecule has 1 heterocycles. The van der Waals surface area contributed by atoms with E-state index in [0.29, 0.717) is 0 Å². The Bertz CT molecular complexity index is 479. The maximum atomic E-state index is 3.98. The van der Waals surface area contributed by atoms with E-state index in [1.54, 1.807) is 0 Å². The Hall–Kier alpha value is -1.43. The minimum Gasteiger partial charge on any atom is -0.349 e. The summed E-state index contributed by atoms with van der Waals surface area (Å²) >= 11 is 3.42. The lowest BCUT2D eigenvalue weighted by Gasteiger charge is -2.06. The van der Waals surface area contributed by atoms with Crippen LogP contribution in [0.5, 0.6) is 0 Å². The van der Waals surface area contributed by atoms with Gasteiger partial charge in [-0.2, -0.15) is 0 Å². The molecule has 2 rings (SSSR count). The molecule has 0 aliphatic carbocycles. The third-order valence-corrected chi connectivity index (χ3v) is 3.15. The molecule has 0 saturated heterocycles. The Morgan fingerprint density at radius 2 is 2.06 bits per heavy atom. The summed E-state index contributed by atoms with van der Waals surface area (Å²) in [7, 11) is 0. The highest BCUT2D eigenvalue weighted by molar-refractivity contribution is 9.10. The van der Waals surface area contributed by atoms with E-state index < -0.39 is 0 Å². The van der Waals surface area contributed by atoms with Crippen molar-refractivity contribution in [2.45, 2.75) is 32.9 Å². The van der Waals surface area contributed by atoms with Crippen molar-refractivity contribution in [1.82, 2.24) is 20.2 Å². The van der Waals surface area contributed by atoms with Crippen LogP contribution < -0.4 is 5.32 Å². The Morgan fingerprint density at radius 1 is 1.28 bits per heavy atom. The zero-order valence-corrected chi connectivity index (χ0v) is 11.9. The number of hydrogen-bond acceptors (Lipinski definition) is 4. The summed E-state index contributed by atoms with van der Waals surface area (Å²) in [6.45, 7) is 3.73. The van der Waals surface area contributed by atoms with E-state index in [4.69, 9.17) is 0 Å². The van der Waals surface area contributed by atoms with Gasteiger partial charge in [0.15, 0.2) is 0 Å². The second kappa shape index (κ2) is 6.49. The van der Waals surface area contributed by atoms with Crippen molar-refractivity contribution in [1.29, 1.82) is 0 Å². The van der Waals surface area contributed by atoms with E-state index in [-0.39, 0.29) is 0 Å². The zero-order chi connectivity index (χ0) is 12.8. The van der Waals surface area contributed by atoms with E-state index in [0.717, 1.165) is 36.4 Å². The smallest absolute Gasteiger partial charge is 0.243 e. The van der Waals surface area contributed by atoms with Crippen LogP contribution in [-0.2, 0) is 13.1 Å². The summed E-state index contributed by atoms with van der Waals surface area (Å²) < 4.78 is 2.89. The van der Waals surface area contributed by atoms with Crippen LogP contribution in [0, 0.1) is 0 Å². The van der Waals surface area contributed by atoms with Gasteiger partial charge in [0.05, 0.1) is 0 Å². The van der Waals surface area contributed by atoms with E-state index in [1.807, 2.05) is 16.8 Å². The topological polar surface area (TPSA) is 55.6 Å². The van der Waals surface area contributed by atoms with Crippen molar-refractivity contribution in [3.8, 4) is 0 Å². The van der Waals surface area contributed by atoms with E-state index in [9.17, 15) is 0 Å². The molecule has 2 aromatic rings. The first-order chi connectivity index (χ1) is 8.79. The molecule has 0 amide bonds. The normalized spacial score (nSPS) is 10.6. The van der Waals surface area contributed by atoms with Crippen LogP contribution in [0.1, 0.15) is 25.3 Å². The van der Waals surface area contributed by atoms with Gasteiger partial charge >= 0.3 is 0 Å². The van der Waals surface area contributed by atoms with Gasteiger partial charge in [0.1, 0.15) is 0 Å². The van der Waals surface area contributed by atoms with Crippen LogP contribution in [0.4, 0.5) is 5.95 Å². The van der Waals surface area contributed by atoms with E-state index >= 15 is 0 Å². The predicted octanol–water partition coefficient (Wildman–Crippen LogP) is 2.85. The summed E-state index contributed by atoms with van der Waals surface area (Å²) in [4.78, 5) is 0. The SMILES string of the molecule is CCCCn1nnnc1NCc1ccc(Br)cc1. The minimum absolute atomic E-state index is 0.722. The number of nitrogens with zero attached hydrogens (tertiary/aromatic N) is 4. The standard InChI is InChI=1S/C12H16BrN5/c1-2-3-8-18-12(15-16-17-18)14-9-10-4-6-11(13)7-5-10/h4-7H,2-3,8-9H2,1H3,(H,14,15,17). The Kier molecular flexibility index (Phi) is 4.69. The molecule has 1 N–H and O–H groups in total. The molecular formula is C12H16BrN5. The number of halogens is 1. The second-order valence-electron chi connectivity index (χ2n) is 4.06. The summed E-state index contributed by atoms with van der Waals surface area (Å²) in [5.41, 5.74) is 1.20. The minimum atomic E-state index is 0.722. The third kappa shape index (κ3) is 3.53. The quantitative estimate of drug-likeness (QED) is 0.891. The molecule has 0 radical (unpaired) electrons. The van der Waals surface area contributed by atoms with Crippen LogP contribution in [0.15, 0.2) is 28.7 Å². The fourth-order valence-electron chi connectivity index (χ4n) is 1.57. The fraction of sp³-hybridized carbons (Fsp3) is 0.417. The van der Waals surface area contributed by atoms with Gasteiger partial charge in [0, 0.05) is 17.6 Å². The van der Waals surface area contributed by atoms with Gasteiger partial charge in [-0.3, -0.25) is 0 Å². The van der Waals surface area contributed by atoms with Gasteiger partial charge in [-0.05, 0) is 34.5 Å². The first kappa shape index (κ1) is 13.0. The van der Waals surface area contributed by atoms with Crippen molar-refractivity contribution in [3.63, 3.8) is 0 Å². The molecular weight excluding hydrogens is 294 g/mol. The van der Waals surface area contributed by atoms with Crippen molar-refractivity contribution in [3.05, 3.63) is 34.3 Å². The molecule has 0 aliphatic heterocycles. The van der Waals surface area contributed by atoms with Crippen molar-refractivity contribution in [2.75, 3.05) is 5.32 Å². The molecule has 5 nitrogen and oxygen atoms in total. The highest BCUT2D eigenvalue weighted by atomic mass is 79.9. The molecule has 0 fully saturated rings. The van der Waals surface area contributed by atoms with Gasteiger partial charge in [0.25, 0.3) is 0 Å². The number of hydrogen-bond donors (Lipinski definition) is 1. The fourth-order valence-corrected chi connectivity index (χ4v) is 1.84. The van der Waals surface area contributed by atoms with Crippen LogP contribution in [0.2, 0.25) is 0 Å². The largest absolute Gasteiger partial charge is 0.349 e. The zero-order valence-electron chi connectivity index (χ0n) is 10.3. The Labute approximate surface area is 115 Å². The molecule has 0 saturated carbocycles. The van der Waals surface area contributed by atoms with E-state index in [2.05, 4.69) is 55.8 Å². The van der Waals surface area contributed by atoms with Crippen LogP contribution in [0.3, 0.4) is 0 Å². The highest BCUT2D eigenvalue weighted by Crippen LogP contribution is 2.11. The molecule has 1 aromatic carbocycles. The molecule has 1 aromatic heterocycles. The lowest BCUT2D eigenvalue weighted by Crippen LogP contribution is -2.09. The van der Waals surface area contributed by atoms with Crippen molar-refractivity contribution >= 4 is 21.9 Å². The summed E-state index contributed by atoms with van der Waals surface area (Å²) in [6, 6.07) is 8.18. The average Bonchev–Trinajstić information content (AvgIpc) is 2.83. The molecule has 6 heteroatoms. The summed E-state index contributed by atoms with van der Waals surface area (Å²) in [5, 5.41) is 14.9. The van der Waals surface area contributed by atoms with Crippen LogP contribution in [0.25, 0.3) is 0 Å². The maximum Gasteiger partial charge on any atom is 0.243 e. The van der Waals surface area contributed by atoms with E-state index in [1.165, 1.54) is 5.56 Å². The number of aromatic nitrogens is 4. The predicted molar refractivity (Wildman–Crippen MR) is 74.2 cm³/mol. The van der Waals surface area contributed by atoms with Gasteiger partial charge in [-0.15, -0.1) is 0 Å². The summed E-state index contributed by atoms with van der Waals surface area (Å²) in [6.07, 6.45) is 2.21. The van der Waals surface area contributed by atoms with Crippen molar-refractivity contribution in [2.24, 2.45) is 0 Å². The number of tetrazole rings is 1. The van der Waals surface area contributed by atoms with Gasteiger partial charge in [0.2, 0.25) is 5.95 Å². The number of anilines is 1. The Morgan fingerprint density at radius 3 is 2.78 bits per heavy atom. The number of unbranched alkanes of at least 4 members (excludes halogenated alkanes) is 1. The Balaban J connectivity index is 1.93. The molecule has 0 atom stereocenters. The number of rotatable bonds is 6. The maximum absolute atomic E-state index is 3.98. The number of nitrogens with one attached hydrogen (secondary N) is 1. The molecule has 96 valence electrons. The molecule has 0 unspecified atom stereocenters. The molecule has 18 heavy (non-hydrogen) atoms. The van der Waals surface area contributed by atoms with Gasteiger partial charge < -0.3 is 5.32 Å². The first-order valence-corrected chi connectivity index (χ1v) is 6.83. The molecule has 0 bridgehead atoms. The van der Waals surface area contributed by atoms with Gasteiger partial charge in [-0.1, -0.05) is 46.5 Å². The highest BCUT2D eigenvalue weighted by Gasteiger charge is 2.04. The number of benzene rings is 1. The van der Waals surface area contributed by atoms with Crippen LogP contribution >= 0.6 is 15.9 Å². The molecule has 0 spiro atoms. The monoisotopic (exact) mass is 309 g/mol.